The quantitative estimate of drug-likeness (QED) is 0.619. The first-order valence-electron chi connectivity index (χ1n) is 7.82. The molecule has 1 atom stereocenters. The Bertz CT molecular complexity index is 707. The molecule has 1 aromatic heterocycles. The summed E-state index contributed by atoms with van der Waals surface area (Å²) in [5.74, 6) is 0.804. The van der Waals surface area contributed by atoms with E-state index in [9.17, 15) is 13.2 Å². The summed E-state index contributed by atoms with van der Waals surface area (Å²) in [4.78, 5) is 7.67. The standard InChI is InChI=1S/C17H21F3N4S/c1-11-4-6-13(7-5-11)12(2)8-22-16(21-3)23-9-15-24-14(10-25-15)17(18,19)20/h4-7,10,12H,8-9H2,1-3H3,(H2,21,22,23). The number of aryl methyl sites for hydroxylation is 1. The van der Waals surface area contributed by atoms with Gasteiger partial charge in [-0.1, -0.05) is 36.8 Å². The smallest absolute Gasteiger partial charge is 0.356 e. The Morgan fingerprint density at radius 2 is 1.92 bits per heavy atom. The first-order valence-corrected chi connectivity index (χ1v) is 8.70. The molecule has 0 saturated heterocycles. The minimum atomic E-state index is -4.40. The van der Waals surface area contributed by atoms with Gasteiger partial charge in [-0.05, 0) is 18.4 Å². The van der Waals surface area contributed by atoms with Crippen LogP contribution in [0.1, 0.15) is 34.7 Å². The number of hydrogen-bond acceptors (Lipinski definition) is 3. The molecular formula is C17H21F3N4S. The van der Waals surface area contributed by atoms with Crippen molar-refractivity contribution < 1.29 is 13.2 Å². The first kappa shape index (κ1) is 19.2. The number of aliphatic imine (C=N–C) groups is 1. The Labute approximate surface area is 149 Å². The summed E-state index contributed by atoms with van der Waals surface area (Å²) in [6.45, 7) is 5.00. The van der Waals surface area contributed by atoms with Gasteiger partial charge in [-0.15, -0.1) is 11.3 Å². The zero-order chi connectivity index (χ0) is 18.4. The molecular weight excluding hydrogens is 349 g/mol. The van der Waals surface area contributed by atoms with Gasteiger partial charge in [-0.3, -0.25) is 4.99 Å². The topological polar surface area (TPSA) is 49.3 Å². The van der Waals surface area contributed by atoms with E-state index < -0.39 is 11.9 Å². The Kier molecular flexibility index (Phi) is 6.41. The molecule has 2 aromatic rings. The van der Waals surface area contributed by atoms with Crippen molar-refractivity contribution in [3.8, 4) is 0 Å². The molecule has 2 N–H and O–H groups in total. The number of thiazole rings is 1. The second-order valence-electron chi connectivity index (χ2n) is 5.74. The van der Waals surface area contributed by atoms with Crippen molar-refractivity contribution >= 4 is 17.3 Å². The van der Waals surface area contributed by atoms with Crippen LogP contribution in [0.25, 0.3) is 0 Å². The van der Waals surface area contributed by atoms with Crippen LogP contribution >= 0.6 is 11.3 Å². The van der Waals surface area contributed by atoms with E-state index in [1.165, 1.54) is 11.1 Å². The van der Waals surface area contributed by atoms with Crippen molar-refractivity contribution in [1.29, 1.82) is 0 Å². The maximum atomic E-state index is 12.5. The third-order valence-corrected chi connectivity index (χ3v) is 4.54. The van der Waals surface area contributed by atoms with Crippen LogP contribution in [0.3, 0.4) is 0 Å². The van der Waals surface area contributed by atoms with E-state index in [1.807, 2.05) is 6.92 Å². The van der Waals surface area contributed by atoms with Crippen molar-refractivity contribution in [2.75, 3.05) is 13.6 Å². The highest BCUT2D eigenvalue weighted by atomic mass is 32.1. The van der Waals surface area contributed by atoms with Crippen LogP contribution in [0.15, 0.2) is 34.6 Å². The fraction of sp³-hybridized carbons (Fsp3) is 0.412. The number of benzene rings is 1. The second-order valence-corrected chi connectivity index (χ2v) is 6.69. The van der Waals surface area contributed by atoms with Crippen molar-refractivity contribution in [3.63, 3.8) is 0 Å². The van der Waals surface area contributed by atoms with Gasteiger partial charge in [-0.2, -0.15) is 13.2 Å². The third-order valence-electron chi connectivity index (χ3n) is 3.69. The van der Waals surface area contributed by atoms with Gasteiger partial charge in [0.2, 0.25) is 0 Å². The Hall–Kier alpha value is -2.09. The van der Waals surface area contributed by atoms with Crippen molar-refractivity contribution in [1.82, 2.24) is 15.6 Å². The zero-order valence-electron chi connectivity index (χ0n) is 14.3. The summed E-state index contributed by atoms with van der Waals surface area (Å²) in [5.41, 5.74) is 1.57. The average molecular weight is 370 g/mol. The largest absolute Gasteiger partial charge is 0.434 e. The normalized spacial score (nSPS) is 13.6. The molecule has 1 aromatic carbocycles. The summed E-state index contributed by atoms with van der Waals surface area (Å²) < 4.78 is 37.6. The molecule has 0 radical (unpaired) electrons. The molecule has 0 saturated carbocycles. The Balaban J connectivity index is 1.84. The summed E-state index contributed by atoms with van der Waals surface area (Å²) in [7, 11) is 1.62. The summed E-state index contributed by atoms with van der Waals surface area (Å²) in [6, 6.07) is 8.32. The van der Waals surface area contributed by atoms with Gasteiger partial charge in [0.15, 0.2) is 11.7 Å². The van der Waals surface area contributed by atoms with Crippen molar-refractivity contribution in [2.24, 2.45) is 4.99 Å². The number of nitrogens with zero attached hydrogens (tertiary/aromatic N) is 2. The molecule has 0 fully saturated rings. The van der Waals surface area contributed by atoms with Gasteiger partial charge in [0.05, 0.1) is 6.54 Å². The van der Waals surface area contributed by atoms with Gasteiger partial charge in [0, 0.05) is 19.0 Å². The number of guanidine groups is 1. The average Bonchev–Trinajstić information content (AvgIpc) is 3.04. The van der Waals surface area contributed by atoms with Crippen LogP contribution in [-0.2, 0) is 12.7 Å². The second kappa shape index (κ2) is 8.33. The number of halogens is 3. The SMILES string of the molecule is CN=C(NCc1nc(C(F)(F)F)cs1)NCC(C)c1ccc(C)cc1. The molecule has 25 heavy (non-hydrogen) atoms. The summed E-state index contributed by atoms with van der Waals surface area (Å²) in [6.07, 6.45) is -4.40. The highest BCUT2D eigenvalue weighted by Gasteiger charge is 2.33. The molecule has 0 aliphatic carbocycles. The maximum Gasteiger partial charge on any atom is 0.434 e. The minimum Gasteiger partial charge on any atom is -0.356 e. The van der Waals surface area contributed by atoms with Crippen LogP contribution in [0.4, 0.5) is 13.2 Å². The molecule has 0 amide bonds. The fourth-order valence-corrected chi connectivity index (χ4v) is 2.91. The zero-order valence-corrected chi connectivity index (χ0v) is 15.1. The third kappa shape index (κ3) is 5.74. The molecule has 8 heteroatoms. The van der Waals surface area contributed by atoms with Crippen molar-refractivity contribution in [2.45, 2.75) is 32.5 Å². The van der Waals surface area contributed by atoms with Gasteiger partial charge >= 0.3 is 6.18 Å². The predicted octanol–water partition coefficient (Wildman–Crippen LogP) is 3.94. The molecule has 0 spiro atoms. The van der Waals surface area contributed by atoms with Gasteiger partial charge in [0.1, 0.15) is 5.01 Å². The van der Waals surface area contributed by atoms with Crippen LogP contribution in [-0.4, -0.2) is 24.5 Å². The molecule has 2 rings (SSSR count). The van der Waals surface area contributed by atoms with E-state index >= 15 is 0 Å². The molecule has 0 bridgehead atoms. The molecule has 0 aliphatic rings. The maximum absolute atomic E-state index is 12.5. The van der Waals surface area contributed by atoms with E-state index in [2.05, 4.69) is 51.8 Å². The number of rotatable bonds is 5. The molecule has 1 heterocycles. The number of nitrogens with one attached hydrogen (secondary N) is 2. The lowest BCUT2D eigenvalue weighted by Crippen LogP contribution is -2.38. The van der Waals surface area contributed by atoms with Crippen LogP contribution in [0, 0.1) is 6.92 Å². The van der Waals surface area contributed by atoms with Crippen molar-refractivity contribution in [3.05, 3.63) is 51.5 Å². The van der Waals surface area contributed by atoms with E-state index in [-0.39, 0.29) is 12.5 Å². The highest BCUT2D eigenvalue weighted by molar-refractivity contribution is 7.09. The summed E-state index contributed by atoms with van der Waals surface area (Å²) >= 11 is 0.975. The highest BCUT2D eigenvalue weighted by Crippen LogP contribution is 2.29. The molecule has 0 aliphatic heterocycles. The lowest BCUT2D eigenvalue weighted by atomic mass is 10.0. The van der Waals surface area contributed by atoms with Gasteiger partial charge in [-0.25, -0.2) is 4.98 Å². The van der Waals surface area contributed by atoms with Crippen LogP contribution in [0.5, 0.6) is 0 Å². The minimum absolute atomic E-state index is 0.194. The van der Waals surface area contributed by atoms with Crippen LogP contribution < -0.4 is 10.6 Å². The molecule has 1 unspecified atom stereocenters. The van der Waals surface area contributed by atoms with Crippen LogP contribution in [0.2, 0.25) is 0 Å². The van der Waals surface area contributed by atoms with E-state index in [4.69, 9.17) is 0 Å². The lowest BCUT2D eigenvalue weighted by Gasteiger charge is -2.16. The monoisotopic (exact) mass is 370 g/mol. The van der Waals surface area contributed by atoms with E-state index in [0.717, 1.165) is 16.7 Å². The number of alkyl halides is 3. The molecule has 4 nitrogen and oxygen atoms in total. The van der Waals surface area contributed by atoms with Gasteiger partial charge in [0.25, 0.3) is 0 Å². The number of aromatic nitrogens is 1. The molecule has 136 valence electrons. The predicted molar refractivity (Wildman–Crippen MR) is 94.9 cm³/mol. The lowest BCUT2D eigenvalue weighted by molar-refractivity contribution is -0.140. The fourth-order valence-electron chi connectivity index (χ4n) is 2.16. The van der Waals surface area contributed by atoms with E-state index in [0.29, 0.717) is 17.5 Å². The number of hydrogen-bond donors (Lipinski definition) is 2. The Morgan fingerprint density at radius 1 is 1.24 bits per heavy atom. The van der Waals surface area contributed by atoms with Gasteiger partial charge < -0.3 is 10.6 Å². The summed E-state index contributed by atoms with van der Waals surface area (Å²) in [5, 5.41) is 7.55. The van der Waals surface area contributed by atoms with E-state index in [1.54, 1.807) is 7.05 Å². The Morgan fingerprint density at radius 3 is 2.48 bits per heavy atom. The first-order chi connectivity index (χ1) is 11.8.